The van der Waals surface area contributed by atoms with Crippen LogP contribution in [0, 0.1) is 5.92 Å². The first-order valence-electron chi connectivity index (χ1n) is 7.39. The molecule has 0 bridgehead atoms. The highest BCUT2D eigenvalue weighted by Gasteiger charge is 2.32. The van der Waals surface area contributed by atoms with Crippen molar-refractivity contribution in [2.45, 2.75) is 46.1 Å². The van der Waals surface area contributed by atoms with Gasteiger partial charge in [0.05, 0.1) is 6.04 Å². The van der Waals surface area contributed by atoms with Gasteiger partial charge in [-0.1, -0.05) is 38.1 Å². The van der Waals surface area contributed by atoms with Crippen LogP contribution in [0.25, 0.3) is 0 Å². The third-order valence-electron chi connectivity index (χ3n) is 3.84. The predicted octanol–water partition coefficient (Wildman–Crippen LogP) is 3.08. The van der Waals surface area contributed by atoms with E-state index in [1.807, 2.05) is 24.3 Å². The van der Waals surface area contributed by atoms with Crippen molar-refractivity contribution in [3.8, 4) is 0 Å². The van der Waals surface area contributed by atoms with Gasteiger partial charge in [0, 0.05) is 19.0 Å². The largest absolute Gasteiger partial charge is 0.333 e. The molecule has 2 rings (SSSR count). The lowest BCUT2D eigenvalue weighted by Gasteiger charge is -2.22. The van der Waals surface area contributed by atoms with Gasteiger partial charge >= 0.3 is 0 Å². The third kappa shape index (κ3) is 3.27. The van der Waals surface area contributed by atoms with Crippen LogP contribution in [0.1, 0.15) is 49.5 Å². The SMILES string of the molecule is CC(=O)N1CCCC1C(=O)c1ccc(CC(C)C)cc1. The Hall–Kier alpha value is -1.64. The molecule has 0 N–H and O–H groups in total. The molecule has 1 aromatic rings. The Morgan fingerprint density at radius 3 is 2.45 bits per heavy atom. The number of amides is 1. The van der Waals surface area contributed by atoms with Crippen molar-refractivity contribution in [3.05, 3.63) is 35.4 Å². The second-order valence-corrected chi connectivity index (χ2v) is 6.03. The number of Topliss-reactive ketones (excluding diaryl/α,β-unsaturated/α-hetero) is 1. The summed E-state index contributed by atoms with van der Waals surface area (Å²) in [6.45, 7) is 6.61. The first-order chi connectivity index (χ1) is 9.49. The van der Waals surface area contributed by atoms with E-state index in [-0.39, 0.29) is 17.7 Å². The lowest BCUT2D eigenvalue weighted by molar-refractivity contribution is -0.128. The van der Waals surface area contributed by atoms with Crippen molar-refractivity contribution < 1.29 is 9.59 Å². The van der Waals surface area contributed by atoms with Crippen molar-refractivity contribution in [2.75, 3.05) is 6.54 Å². The topological polar surface area (TPSA) is 37.4 Å². The van der Waals surface area contributed by atoms with Crippen molar-refractivity contribution in [1.82, 2.24) is 4.90 Å². The summed E-state index contributed by atoms with van der Waals surface area (Å²) in [6, 6.07) is 7.59. The fourth-order valence-corrected chi connectivity index (χ4v) is 2.89. The quantitative estimate of drug-likeness (QED) is 0.791. The van der Waals surface area contributed by atoms with Crippen molar-refractivity contribution in [2.24, 2.45) is 5.92 Å². The molecule has 1 heterocycles. The van der Waals surface area contributed by atoms with Crippen molar-refractivity contribution >= 4 is 11.7 Å². The van der Waals surface area contributed by atoms with Crippen LogP contribution in [0.5, 0.6) is 0 Å². The van der Waals surface area contributed by atoms with Gasteiger partial charge in [0.15, 0.2) is 5.78 Å². The van der Waals surface area contributed by atoms with Crippen LogP contribution < -0.4 is 0 Å². The van der Waals surface area contributed by atoms with Crippen LogP contribution in [0.4, 0.5) is 0 Å². The zero-order valence-electron chi connectivity index (χ0n) is 12.6. The van der Waals surface area contributed by atoms with Gasteiger partial charge < -0.3 is 4.90 Å². The number of nitrogens with zero attached hydrogens (tertiary/aromatic N) is 1. The molecular weight excluding hydrogens is 250 g/mol. The van der Waals surface area contributed by atoms with E-state index >= 15 is 0 Å². The van der Waals surface area contributed by atoms with Gasteiger partial charge in [0.25, 0.3) is 0 Å². The fraction of sp³-hybridized carbons (Fsp3) is 0.529. The van der Waals surface area contributed by atoms with Crippen molar-refractivity contribution in [3.63, 3.8) is 0 Å². The summed E-state index contributed by atoms with van der Waals surface area (Å²) in [4.78, 5) is 25.7. The molecule has 1 aliphatic heterocycles. The molecule has 1 saturated heterocycles. The smallest absolute Gasteiger partial charge is 0.220 e. The molecule has 108 valence electrons. The molecule has 1 aromatic carbocycles. The number of likely N-dealkylation sites (tertiary alicyclic amines) is 1. The average molecular weight is 273 g/mol. The summed E-state index contributed by atoms with van der Waals surface area (Å²) in [6.07, 6.45) is 2.73. The third-order valence-corrected chi connectivity index (χ3v) is 3.84. The molecule has 0 radical (unpaired) electrons. The van der Waals surface area contributed by atoms with E-state index in [9.17, 15) is 9.59 Å². The molecule has 1 fully saturated rings. The predicted molar refractivity (Wildman–Crippen MR) is 79.7 cm³/mol. The van der Waals surface area contributed by atoms with E-state index in [2.05, 4.69) is 13.8 Å². The van der Waals surface area contributed by atoms with Gasteiger partial charge in [-0.05, 0) is 30.7 Å². The molecule has 1 aliphatic rings. The van der Waals surface area contributed by atoms with Crippen LogP contribution in [0.3, 0.4) is 0 Å². The van der Waals surface area contributed by atoms with E-state index in [0.29, 0.717) is 12.5 Å². The van der Waals surface area contributed by atoms with E-state index in [1.165, 1.54) is 12.5 Å². The van der Waals surface area contributed by atoms with Gasteiger partial charge in [-0.15, -0.1) is 0 Å². The van der Waals surface area contributed by atoms with Gasteiger partial charge in [-0.25, -0.2) is 0 Å². The molecule has 3 nitrogen and oxygen atoms in total. The fourth-order valence-electron chi connectivity index (χ4n) is 2.89. The minimum Gasteiger partial charge on any atom is -0.333 e. The Morgan fingerprint density at radius 1 is 1.25 bits per heavy atom. The average Bonchev–Trinajstić information content (AvgIpc) is 2.87. The number of benzene rings is 1. The van der Waals surface area contributed by atoms with Crippen molar-refractivity contribution in [1.29, 1.82) is 0 Å². The zero-order chi connectivity index (χ0) is 14.7. The first kappa shape index (κ1) is 14.8. The minimum absolute atomic E-state index is 0.00252. The first-order valence-corrected chi connectivity index (χ1v) is 7.39. The maximum atomic E-state index is 12.5. The van der Waals surface area contributed by atoms with E-state index < -0.39 is 0 Å². The maximum absolute atomic E-state index is 12.5. The monoisotopic (exact) mass is 273 g/mol. The summed E-state index contributed by atoms with van der Waals surface area (Å²) < 4.78 is 0. The van der Waals surface area contributed by atoms with Crippen LogP contribution >= 0.6 is 0 Å². The number of carbonyl (C=O) groups is 2. The van der Waals surface area contributed by atoms with Gasteiger partial charge in [-0.2, -0.15) is 0 Å². The molecule has 0 aliphatic carbocycles. The lowest BCUT2D eigenvalue weighted by Crippen LogP contribution is -2.39. The molecular formula is C17H23NO2. The minimum atomic E-state index is -0.261. The highest BCUT2D eigenvalue weighted by atomic mass is 16.2. The Bertz CT molecular complexity index is 490. The summed E-state index contributed by atoms with van der Waals surface area (Å²) in [7, 11) is 0. The second kappa shape index (κ2) is 6.21. The molecule has 20 heavy (non-hydrogen) atoms. The van der Waals surface area contributed by atoms with Crippen LogP contribution in [-0.2, 0) is 11.2 Å². The van der Waals surface area contributed by atoms with Gasteiger partial charge in [-0.3, -0.25) is 9.59 Å². The van der Waals surface area contributed by atoms with Crippen LogP contribution in [-0.4, -0.2) is 29.2 Å². The highest BCUT2D eigenvalue weighted by molar-refractivity contribution is 6.02. The lowest BCUT2D eigenvalue weighted by atomic mass is 9.98. The molecule has 0 spiro atoms. The van der Waals surface area contributed by atoms with E-state index in [1.54, 1.807) is 4.90 Å². The molecule has 1 unspecified atom stereocenters. The summed E-state index contributed by atoms with van der Waals surface area (Å²) >= 11 is 0. The van der Waals surface area contributed by atoms with E-state index in [4.69, 9.17) is 0 Å². The Labute approximate surface area is 121 Å². The molecule has 0 aromatic heterocycles. The number of rotatable bonds is 4. The summed E-state index contributed by atoms with van der Waals surface area (Å²) in [5.74, 6) is 0.686. The standard InChI is InChI=1S/C17H23NO2/c1-12(2)11-14-6-8-15(9-7-14)17(20)16-5-4-10-18(16)13(3)19/h6-9,12,16H,4-5,10-11H2,1-3H3. The Morgan fingerprint density at radius 2 is 1.90 bits per heavy atom. The van der Waals surface area contributed by atoms with Gasteiger partial charge in [0.1, 0.15) is 0 Å². The Balaban J connectivity index is 2.11. The summed E-state index contributed by atoms with van der Waals surface area (Å²) in [5, 5.41) is 0. The number of hydrogen-bond acceptors (Lipinski definition) is 2. The van der Waals surface area contributed by atoms with Gasteiger partial charge in [0.2, 0.25) is 5.91 Å². The zero-order valence-corrected chi connectivity index (χ0v) is 12.6. The number of hydrogen-bond donors (Lipinski definition) is 0. The van der Waals surface area contributed by atoms with Crippen LogP contribution in [0.2, 0.25) is 0 Å². The normalized spacial score (nSPS) is 18.6. The number of ketones is 1. The molecule has 1 atom stereocenters. The molecule has 1 amide bonds. The molecule has 3 heteroatoms. The second-order valence-electron chi connectivity index (χ2n) is 6.03. The Kier molecular flexibility index (Phi) is 4.58. The summed E-state index contributed by atoms with van der Waals surface area (Å²) in [5.41, 5.74) is 1.97. The maximum Gasteiger partial charge on any atom is 0.220 e. The highest BCUT2D eigenvalue weighted by Crippen LogP contribution is 2.22. The van der Waals surface area contributed by atoms with Crippen LogP contribution in [0.15, 0.2) is 24.3 Å². The molecule has 0 saturated carbocycles. The van der Waals surface area contributed by atoms with E-state index in [0.717, 1.165) is 24.8 Å². The number of carbonyl (C=O) groups excluding carboxylic acids is 2.